The molecule has 3 rings (SSSR count). The molecule has 120 valence electrons. The number of carbonyl (C=O) groups excluding carboxylic acids is 1. The second kappa shape index (κ2) is 6.88. The van der Waals surface area contributed by atoms with Gasteiger partial charge in [0.05, 0.1) is 12.7 Å². The van der Waals surface area contributed by atoms with Gasteiger partial charge in [-0.25, -0.2) is 0 Å². The molecule has 1 aromatic carbocycles. The number of ether oxygens (including phenoxy) is 1. The monoisotopic (exact) mass is 322 g/mol. The zero-order chi connectivity index (χ0) is 15.5. The van der Waals surface area contributed by atoms with Crippen LogP contribution in [0.4, 0.5) is 0 Å². The Morgan fingerprint density at radius 1 is 1.32 bits per heavy atom. The predicted molar refractivity (Wildman–Crippen MR) is 87.7 cm³/mol. The third kappa shape index (κ3) is 3.73. The maximum absolute atomic E-state index is 12.7. The normalized spacial score (nSPS) is 19.3. The summed E-state index contributed by atoms with van der Waals surface area (Å²) < 4.78 is 5.29. The average molecular weight is 323 g/mol. The molecule has 0 atom stereocenters. The number of rotatable bonds is 5. The second-order valence-electron chi connectivity index (χ2n) is 6.26. The molecule has 1 saturated heterocycles. The highest BCUT2D eigenvalue weighted by Gasteiger charge is 2.27. The number of halogens is 1. The van der Waals surface area contributed by atoms with Crippen molar-refractivity contribution < 1.29 is 9.53 Å². The third-order valence-corrected chi connectivity index (χ3v) is 4.80. The van der Waals surface area contributed by atoms with Gasteiger partial charge in [-0.15, -0.1) is 0 Å². The van der Waals surface area contributed by atoms with Crippen molar-refractivity contribution in [2.45, 2.75) is 31.7 Å². The van der Waals surface area contributed by atoms with Gasteiger partial charge in [0.15, 0.2) is 0 Å². The first-order chi connectivity index (χ1) is 10.7. The summed E-state index contributed by atoms with van der Waals surface area (Å²) in [5, 5.41) is 4.19. The third-order valence-electron chi connectivity index (χ3n) is 4.57. The molecular formula is C17H23ClN2O2. The van der Waals surface area contributed by atoms with E-state index < -0.39 is 0 Å². The van der Waals surface area contributed by atoms with Crippen molar-refractivity contribution in [3.63, 3.8) is 0 Å². The number of nitrogens with zero attached hydrogens (tertiary/aromatic N) is 1. The summed E-state index contributed by atoms with van der Waals surface area (Å²) in [7, 11) is 1.58. The van der Waals surface area contributed by atoms with Gasteiger partial charge in [-0.05, 0) is 56.3 Å². The van der Waals surface area contributed by atoms with Crippen LogP contribution in [0.5, 0.6) is 5.75 Å². The van der Waals surface area contributed by atoms with Gasteiger partial charge in [-0.1, -0.05) is 11.6 Å². The van der Waals surface area contributed by atoms with E-state index >= 15 is 0 Å². The number of likely N-dealkylation sites (tertiary alicyclic amines) is 1. The van der Waals surface area contributed by atoms with Gasteiger partial charge >= 0.3 is 0 Å². The summed E-state index contributed by atoms with van der Waals surface area (Å²) in [5.41, 5.74) is 0.555. The summed E-state index contributed by atoms with van der Waals surface area (Å²) in [4.78, 5) is 14.6. The molecule has 0 radical (unpaired) electrons. The molecule has 0 aromatic heterocycles. The molecule has 5 heteroatoms. The van der Waals surface area contributed by atoms with Crippen molar-refractivity contribution in [3.8, 4) is 5.75 Å². The van der Waals surface area contributed by atoms with Crippen molar-refractivity contribution in [1.29, 1.82) is 0 Å². The fourth-order valence-corrected chi connectivity index (χ4v) is 3.13. The van der Waals surface area contributed by atoms with Crippen LogP contribution < -0.4 is 10.1 Å². The first kappa shape index (κ1) is 15.6. The van der Waals surface area contributed by atoms with Crippen LogP contribution in [0.15, 0.2) is 18.2 Å². The van der Waals surface area contributed by atoms with Crippen molar-refractivity contribution in [1.82, 2.24) is 10.2 Å². The van der Waals surface area contributed by atoms with E-state index in [0.29, 0.717) is 22.4 Å². The van der Waals surface area contributed by atoms with E-state index in [9.17, 15) is 4.79 Å². The maximum Gasteiger partial charge on any atom is 0.257 e. The molecule has 1 heterocycles. The Morgan fingerprint density at radius 3 is 2.68 bits per heavy atom. The number of piperidine rings is 1. The molecule has 1 saturated carbocycles. The number of carbonyl (C=O) groups is 1. The molecule has 1 N–H and O–H groups in total. The van der Waals surface area contributed by atoms with Gasteiger partial charge in [0, 0.05) is 24.2 Å². The van der Waals surface area contributed by atoms with Crippen molar-refractivity contribution in [2.75, 3.05) is 26.7 Å². The van der Waals surface area contributed by atoms with Gasteiger partial charge in [0.25, 0.3) is 5.91 Å². The number of amides is 1. The molecule has 4 nitrogen and oxygen atoms in total. The van der Waals surface area contributed by atoms with Crippen LogP contribution >= 0.6 is 11.6 Å². The minimum absolute atomic E-state index is 0.0139. The number of hydrogen-bond donors (Lipinski definition) is 1. The van der Waals surface area contributed by atoms with Gasteiger partial charge in [0.1, 0.15) is 5.75 Å². The Morgan fingerprint density at radius 2 is 2.05 bits per heavy atom. The lowest BCUT2D eigenvalue weighted by molar-refractivity contribution is 0.0701. The van der Waals surface area contributed by atoms with Crippen LogP contribution in [0.1, 0.15) is 36.0 Å². The van der Waals surface area contributed by atoms with E-state index in [-0.39, 0.29) is 5.91 Å². The minimum atomic E-state index is 0.0139. The summed E-state index contributed by atoms with van der Waals surface area (Å²) in [6.07, 6.45) is 4.78. The zero-order valence-corrected chi connectivity index (χ0v) is 13.7. The van der Waals surface area contributed by atoms with E-state index in [1.54, 1.807) is 25.3 Å². The van der Waals surface area contributed by atoms with Gasteiger partial charge < -0.3 is 15.0 Å². The molecule has 1 aliphatic heterocycles. The summed E-state index contributed by atoms with van der Waals surface area (Å²) in [6.45, 7) is 2.72. The topological polar surface area (TPSA) is 41.6 Å². The molecule has 0 unspecified atom stereocenters. The molecule has 22 heavy (non-hydrogen) atoms. The Labute approximate surface area is 136 Å². The SMILES string of the molecule is COc1ccc(Cl)cc1C(=O)N1CCC(NCC2CC2)CC1. The molecule has 2 aliphatic rings. The van der Waals surface area contributed by atoms with Gasteiger partial charge in [-0.3, -0.25) is 4.79 Å². The predicted octanol–water partition coefficient (Wildman–Crippen LogP) is 2.95. The standard InChI is InChI=1S/C17H23ClN2O2/c1-22-16-5-4-13(18)10-15(16)17(21)20-8-6-14(7-9-20)19-11-12-2-3-12/h4-5,10,12,14,19H,2-3,6-9,11H2,1H3. The van der Waals surface area contributed by atoms with Crippen molar-refractivity contribution in [2.24, 2.45) is 5.92 Å². The highest BCUT2D eigenvalue weighted by molar-refractivity contribution is 6.31. The summed E-state index contributed by atoms with van der Waals surface area (Å²) >= 11 is 6.02. The average Bonchev–Trinajstić information content (AvgIpc) is 3.37. The van der Waals surface area contributed by atoms with Crippen LogP contribution in [-0.4, -0.2) is 43.6 Å². The number of nitrogens with one attached hydrogen (secondary N) is 1. The lowest BCUT2D eigenvalue weighted by Gasteiger charge is -2.33. The number of methoxy groups -OCH3 is 1. The van der Waals surface area contributed by atoms with Crippen LogP contribution in [-0.2, 0) is 0 Å². The minimum Gasteiger partial charge on any atom is -0.496 e. The molecule has 1 aromatic rings. The van der Waals surface area contributed by atoms with E-state index in [1.807, 2.05) is 4.90 Å². The highest BCUT2D eigenvalue weighted by atomic mass is 35.5. The highest BCUT2D eigenvalue weighted by Crippen LogP contribution is 2.28. The summed E-state index contributed by atoms with van der Waals surface area (Å²) in [5.74, 6) is 1.50. The smallest absolute Gasteiger partial charge is 0.257 e. The maximum atomic E-state index is 12.7. The van der Waals surface area contributed by atoms with Crippen LogP contribution in [0, 0.1) is 5.92 Å². The largest absolute Gasteiger partial charge is 0.496 e. The van der Waals surface area contributed by atoms with Crippen LogP contribution in [0.2, 0.25) is 5.02 Å². The fraction of sp³-hybridized carbons (Fsp3) is 0.588. The van der Waals surface area contributed by atoms with Crippen molar-refractivity contribution >= 4 is 17.5 Å². The van der Waals surface area contributed by atoms with E-state index in [4.69, 9.17) is 16.3 Å². The zero-order valence-electron chi connectivity index (χ0n) is 13.0. The molecular weight excluding hydrogens is 300 g/mol. The second-order valence-corrected chi connectivity index (χ2v) is 6.70. The van der Waals surface area contributed by atoms with E-state index in [0.717, 1.165) is 38.4 Å². The first-order valence-electron chi connectivity index (χ1n) is 8.03. The fourth-order valence-electron chi connectivity index (χ4n) is 2.96. The number of benzene rings is 1. The lowest BCUT2D eigenvalue weighted by Crippen LogP contribution is -2.45. The van der Waals surface area contributed by atoms with Crippen LogP contribution in [0.25, 0.3) is 0 Å². The van der Waals surface area contributed by atoms with E-state index in [2.05, 4.69) is 5.32 Å². The lowest BCUT2D eigenvalue weighted by atomic mass is 10.0. The van der Waals surface area contributed by atoms with Crippen LogP contribution in [0.3, 0.4) is 0 Å². The Kier molecular flexibility index (Phi) is 4.89. The molecule has 2 fully saturated rings. The van der Waals surface area contributed by atoms with Crippen molar-refractivity contribution in [3.05, 3.63) is 28.8 Å². The first-order valence-corrected chi connectivity index (χ1v) is 8.41. The Bertz CT molecular complexity index is 537. The quantitative estimate of drug-likeness (QED) is 0.906. The molecule has 1 amide bonds. The van der Waals surface area contributed by atoms with Gasteiger partial charge in [-0.2, -0.15) is 0 Å². The number of hydrogen-bond acceptors (Lipinski definition) is 3. The molecule has 0 bridgehead atoms. The summed E-state index contributed by atoms with van der Waals surface area (Å²) in [6, 6.07) is 5.73. The molecule has 0 spiro atoms. The Balaban J connectivity index is 1.58. The van der Waals surface area contributed by atoms with Gasteiger partial charge in [0.2, 0.25) is 0 Å². The molecule has 1 aliphatic carbocycles. The Hall–Kier alpha value is -1.26. The van der Waals surface area contributed by atoms with E-state index in [1.165, 1.54) is 12.8 Å².